The molecule has 0 saturated carbocycles. The van der Waals surface area contributed by atoms with Crippen LogP contribution in [-0.2, 0) is 0 Å². The molecule has 0 radical (unpaired) electrons. The Hall–Kier alpha value is 0.490. The van der Waals surface area contributed by atoms with Crippen molar-refractivity contribution in [3.63, 3.8) is 0 Å². The Kier molecular flexibility index (Phi) is 1.43. The summed E-state index contributed by atoms with van der Waals surface area (Å²) in [5.41, 5.74) is 0. The molecule has 0 aliphatic heterocycles. The van der Waals surface area contributed by atoms with Crippen molar-refractivity contribution >= 4 is 21.9 Å². The second kappa shape index (κ2) is 1.30. The fourth-order valence-corrected chi connectivity index (χ4v) is 0. The second-order valence-electron chi connectivity index (χ2n) is 0.382. The minimum absolute atomic E-state index is 2.21. The van der Waals surface area contributed by atoms with Gasteiger partial charge in [-0.3, -0.25) is 0 Å². The summed E-state index contributed by atoms with van der Waals surface area (Å²) in [5.74, 6) is 0. The standard InChI is InChI=1S/F3HS2/c1-5(2,3)4/h4H. The van der Waals surface area contributed by atoms with Gasteiger partial charge in [0.15, 0.2) is 0 Å². The van der Waals surface area contributed by atoms with Crippen molar-refractivity contribution in [3.05, 3.63) is 0 Å². The molecule has 34 valence electrons. The second-order valence-corrected chi connectivity index (χ2v) is 2.39. The van der Waals surface area contributed by atoms with Crippen molar-refractivity contribution < 1.29 is 11.7 Å². The SMILES string of the molecule is FS(F)(F)S. The molecule has 5 heteroatoms. The van der Waals surface area contributed by atoms with Crippen LogP contribution in [-0.4, -0.2) is 0 Å². The highest BCUT2D eigenvalue weighted by molar-refractivity contribution is 8.81. The van der Waals surface area contributed by atoms with Gasteiger partial charge in [0.2, 0.25) is 0 Å². The smallest absolute Gasteiger partial charge is 0.114 e. The molecule has 0 aliphatic carbocycles. The average Bonchev–Trinajstić information content (AvgIpc) is 0.722. The Morgan fingerprint density at radius 3 is 1.20 bits per heavy atom. The Balaban J connectivity index is 3.02. The van der Waals surface area contributed by atoms with Crippen LogP contribution in [0.5, 0.6) is 0 Å². The van der Waals surface area contributed by atoms with Gasteiger partial charge in [-0.1, -0.05) is 0 Å². The average molecular weight is 122 g/mol. The third kappa shape index (κ3) is 116. The zero-order valence-corrected chi connectivity index (χ0v) is 3.70. The number of hydrogen-bond donors (Lipinski definition) is 1. The quantitative estimate of drug-likeness (QED) is 0.370. The van der Waals surface area contributed by atoms with Crippen LogP contribution in [0, 0.1) is 0 Å². The number of rotatable bonds is 0. The fraction of sp³-hybridized carbons (Fsp3) is 0. The highest BCUT2D eigenvalue weighted by Gasteiger charge is 2.09. The van der Waals surface area contributed by atoms with Gasteiger partial charge in [-0.05, 0) is 11.7 Å². The van der Waals surface area contributed by atoms with Gasteiger partial charge >= 0.3 is 0 Å². The summed E-state index contributed by atoms with van der Waals surface area (Å²) >= 11 is 2.21. The third-order valence-corrected chi connectivity index (χ3v) is 0. The van der Waals surface area contributed by atoms with Gasteiger partial charge in [-0.25, -0.2) is 0 Å². The maximum atomic E-state index is 10.3. The van der Waals surface area contributed by atoms with E-state index in [9.17, 15) is 11.7 Å². The molecule has 0 saturated heterocycles. The molecule has 0 atom stereocenters. The van der Waals surface area contributed by atoms with Gasteiger partial charge in [0.25, 0.3) is 10.2 Å². The molecule has 5 heavy (non-hydrogen) atoms. The topological polar surface area (TPSA) is 0 Å². The van der Waals surface area contributed by atoms with Gasteiger partial charge in [0.05, 0.1) is 0 Å². The van der Waals surface area contributed by atoms with Crippen molar-refractivity contribution in [2.75, 3.05) is 0 Å². The highest BCUT2D eigenvalue weighted by atomic mass is 33.2. The summed E-state index contributed by atoms with van der Waals surface area (Å²) in [4.78, 5) is 0. The largest absolute Gasteiger partial charge is 0.259 e. The molecule has 0 spiro atoms. The Morgan fingerprint density at radius 1 is 1.20 bits per heavy atom. The molecule has 0 aliphatic rings. The third-order valence-electron chi connectivity index (χ3n) is 0. The van der Waals surface area contributed by atoms with E-state index in [0.717, 1.165) is 0 Å². The lowest BCUT2D eigenvalue weighted by atomic mass is 18.8. The van der Waals surface area contributed by atoms with Gasteiger partial charge in [0.1, 0.15) is 0 Å². The van der Waals surface area contributed by atoms with Crippen LogP contribution in [0.1, 0.15) is 0 Å². The minimum atomic E-state index is -4.97. The van der Waals surface area contributed by atoms with Crippen LogP contribution in [0.2, 0.25) is 0 Å². The molecule has 0 bridgehead atoms. The molecule has 0 heterocycles. The van der Waals surface area contributed by atoms with E-state index in [1.807, 2.05) is 0 Å². The van der Waals surface area contributed by atoms with E-state index >= 15 is 0 Å². The van der Waals surface area contributed by atoms with Crippen LogP contribution in [0.4, 0.5) is 11.7 Å². The summed E-state index contributed by atoms with van der Waals surface area (Å²) in [6, 6.07) is 0. The Bertz CT molecular complexity index is 20.4. The summed E-state index contributed by atoms with van der Waals surface area (Å²) in [7, 11) is -4.97. The molecule has 0 unspecified atom stereocenters. The first-order valence-corrected chi connectivity index (χ1v) is 3.03. The summed E-state index contributed by atoms with van der Waals surface area (Å²) in [5, 5.41) is 0. The van der Waals surface area contributed by atoms with E-state index in [1.54, 1.807) is 0 Å². The number of thiol groups is 1. The van der Waals surface area contributed by atoms with Crippen molar-refractivity contribution in [3.8, 4) is 0 Å². The van der Waals surface area contributed by atoms with Gasteiger partial charge in [-0.15, -0.1) is 11.7 Å². The molecule has 0 fully saturated rings. The molecular formula is HF3S2. The summed E-state index contributed by atoms with van der Waals surface area (Å²) < 4.78 is 30.9. The molecule has 0 aromatic carbocycles. The first kappa shape index (κ1) is 5.49. The molecule has 0 aromatic rings. The zero-order chi connectivity index (χ0) is 4.50. The first-order chi connectivity index (χ1) is 2.00. The molecule has 0 aromatic heterocycles. The van der Waals surface area contributed by atoms with Crippen LogP contribution in [0.25, 0.3) is 0 Å². The normalized spacial score (nSPS) is 15.2. The summed E-state index contributed by atoms with van der Waals surface area (Å²) in [6.07, 6.45) is 0. The van der Waals surface area contributed by atoms with Crippen molar-refractivity contribution in [2.24, 2.45) is 0 Å². The lowest BCUT2D eigenvalue weighted by Crippen LogP contribution is -1.44. The van der Waals surface area contributed by atoms with Crippen LogP contribution in [0.3, 0.4) is 0 Å². The predicted octanol–water partition coefficient (Wildman–Crippen LogP) is 2.29. The van der Waals surface area contributed by atoms with Gasteiger partial charge in [0, 0.05) is 0 Å². The molecule has 0 amide bonds. The highest BCUT2D eigenvalue weighted by Crippen LogP contribution is 2.57. The predicted molar refractivity (Wildman–Crippen MR) is 19.9 cm³/mol. The lowest BCUT2D eigenvalue weighted by Gasteiger charge is -1.92. The monoisotopic (exact) mass is 122 g/mol. The van der Waals surface area contributed by atoms with Crippen LogP contribution >= 0.6 is 21.9 Å². The van der Waals surface area contributed by atoms with E-state index in [2.05, 4.69) is 11.7 Å². The summed E-state index contributed by atoms with van der Waals surface area (Å²) in [6.45, 7) is 0. The Morgan fingerprint density at radius 2 is 1.20 bits per heavy atom. The van der Waals surface area contributed by atoms with Crippen molar-refractivity contribution in [1.82, 2.24) is 0 Å². The lowest BCUT2D eigenvalue weighted by molar-refractivity contribution is 0.668. The molecule has 0 rings (SSSR count). The first-order valence-electron chi connectivity index (χ1n) is 0.645. The van der Waals surface area contributed by atoms with Crippen LogP contribution < -0.4 is 0 Å². The van der Waals surface area contributed by atoms with E-state index in [-0.39, 0.29) is 0 Å². The maximum absolute atomic E-state index is 10.3. The zero-order valence-electron chi connectivity index (χ0n) is 1.99. The van der Waals surface area contributed by atoms with Gasteiger partial charge in [-0.2, -0.15) is 0 Å². The molecule has 0 N–H and O–H groups in total. The fourth-order valence-electron chi connectivity index (χ4n) is 0. The van der Waals surface area contributed by atoms with E-state index in [1.165, 1.54) is 0 Å². The van der Waals surface area contributed by atoms with E-state index in [0.29, 0.717) is 0 Å². The molecule has 0 nitrogen and oxygen atoms in total. The van der Waals surface area contributed by atoms with E-state index in [4.69, 9.17) is 0 Å². The van der Waals surface area contributed by atoms with Crippen molar-refractivity contribution in [2.45, 2.75) is 0 Å². The Labute approximate surface area is 34.4 Å². The van der Waals surface area contributed by atoms with E-state index < -0.39 is 10.2 Å². The maximum Gasteiger partial charge on any atom is 0.259 e. The van der Waals surface area contributed by atoms with Crippen molar-refractivity contribution in [1.29, 1.82) is 0 Å². The number of halogens is 3. The minimum Gasteiger partial charge on any atom is -0.114 e. The molecular weight excluding hydrogens is 121 g/mol. The van der Waals surface area contributed by atoms with Gasteiger partial charge < -0.3 is 0 Å². The van der Waals surface area contributed by atoms with Crippen LogP contribution in [0.15, 0.2) is 0 Å². The number of hydrogen-bond acceptors (Lipinski definition) is 1.